The zero-order chi connectivity index (χ0) is 31.5. The van der Waals surface area contributed by atoms with Crippen molar-refractivity contribution in [3.63, 3.8) is 0 Å². The van der Waals surface area contributed by atoms with Gasteiger partial charge in [-0.25, -0.2) is 8.78 Å². The van der Waals surface area contributed by atoms with Crippen LogP contribution in [-0.2, 0) is 9.47 Å². The van der Waals surface area contributed by atoms with Crippen LogP contribution < -0.4 is 9.47 Å². The lowest BCUT2D eigenvalue weighted by Crippen LogP contribution is -2.38. The number of halogens is 7. The molecule has 0 bridgehead atoms. The van der Waals surface area contributed by atoms with Crippen LogP contribution in [0.4, 0.5) is 30.7 Å². The minimum atomic E-state index is -5.11. The normalized spacial score (nSPS) is 28.3. The topological polar surface area (TPSA) is 36.9 Å². The van der Waals surface area contributed by atoms with Gasteiger partial charge >= 0.3 is 12.5 Å². The highest BCUT2D eigenvalue weighted by atomic mass is 19.4. The molecule has 0 amide bonds. The number of ether oxygens (including phenoxy) is 4. The van der Waals surface area contributed by atoms with Crippen LogP contribution in [0.5, 0.6) is 11.5 Å². The van der Waals surface area contributed by atoms with Gasteiger partial charge in [-0.05, 0) is 99.3 Å². The Bertz CT molecular complexity index is 1260. The Morgan fingerprint density at radius 3 is 1.98 bits per heavy atom. The third-order valence-corrected chi connectivity index (χ3v) is 9.27. The first-order valence-electron chi connectivity index (χ1n) is 15.2. The van der Waals surface area contributed by atoms with Crippen molar-refractivity contribution in [2.45, 2.75) is 82.5 Å². The van der Waals surface area contributed by atoms with Crippen LogP contribution in [0, 0.1) is 35.3 Å². The highest BCUT2D eigenvalue weighted by molar-refractivity contribution is 5.33. The summed E-state index contributed by atoms with van der Waals surface area (Å²) >= 11 is 0. The summed E-state index contributed by atoms with van der Waals surface area (Å²) in [4.78, 5) is 0. The number of allylic oxidation sites excluding steroid dienone is 1. The van der Waals surface area contributed by atoms with Gasteiger partial charge in [0.25, 0.3) is 0 Å². The van der Waals surface area contributed by atoms with Crippen molar-refractivity contribution in [3.8, 4) is 11.5 Å². The maximum atomic E-state index is 15.2. The standard InChI is InChI=1S/C33H37F7O4/c1-2-3-20-18-41-31(42-19-20)24-10-14-27(28(34)16-24)23-6-4-21(5-7-23)22-8-11-25(12-9-22)32(36,37)43-26-13-15-30(29(35)17-26)44-33(38,39)40/h2,10,13-17,20-23,25,31H,1,3-9,11-12,18-19H2. The summed E-state index contributed by atoms with van der Waals surface area (Å²) in [6.07, 6.45) is -1.64. The Labute approximate surface area is 252 Å². The van der Waals surface area contributed by atoms with E-state index < -0.39 is 42.0 Å². The Morgan fingerprint density at radius 1 is 0.773 bits per heavy atom. The summed E-state index contributed by atoms with van der Waals surface area (Å²) in [5, 5.41) is 0. The van der Waals surface area contributed by atoms with Gasteiger partial charge in [0.2, 0.25) is 0 Å². The van der Waals surface area contributed by atoms with E-state index in [0.717, 1.165) is 38.2 Å². The van der Waals surface area contributed by atoms with E-state index in [0.29, 0.717) is 55.2 Å². The van der Waals surface area contributed by atoms with Crippen molar-refractivity contribution >= 4 is 0 Å². The molecule has 44 heavy (non-hydrogen) atoms. The van der Waals surface area contributed by atoms with Crippen LogP contribution >= 0.6 is 0 Å². The van der Waals surface area contributed by atoms with E-state index in [2.05, 4.69) is 11.3 Å². The van der Waals surface area contributed by atoms with Crippen LogP contribution in [0.3, 0.4) is 0 Å². The molecule has 3 aliphatic rings. The van der Waals surface area contributed by atoms with Crippen molar-refractivity contribution in [1.82, 2.24) is 0 Å². The molecule has 0 radical (unpaired) electrons. The fourth-order valence-electron chi connectivity index (χ4n) is 6.95. The summed E-state index contributed by atoms with van der Waals surface area (Å²) in [5.74, 6) is -3.51. The van der Waals surface area contributed by atoms with Crippen molar-refractivity contribution < 1.29 is 49.7 Å². The average Bonchev–Trinajstić information content (AvgIpc) is 2.99. The first-order chi connectivity index (χ1) is 20.9. The molecule has 1 aliphatic heterocycles. The fourth-order valence-corrected chi connectivity index (χ4v) is 6.95. The number of hydrogen-bond donors (Lipinski definition) is 0. The Kier molecular flexibility index (Phi) is 10.1. The Hall–Kier alpha value is -2.79. The molecule has 0 spiro atoms. The highest BCUT2D eigenvalue weighted by Crippen LogP contribution is 2.47. The van der Waals surface area contributed by atoms with Crippen LogP contribution in [0.1, 0.15) is 81.1 Å². The van der Waals surface area contributed by atoms with Gasteiger partial charge in [-0.15, -0.1) is 19.8 Å². The summed E-state index contributed by atoms with van der Waals surface area (Å²) in [5.41, 5.74) is 1.34. The van der Waals surface area contributed by atoms with Gasteiger partial charge < -0.3 is 18.9 Å². The van der Waals surface area contributed by atoms with E-state index in [4.69, 9.17) is 14.2 Å². The lowest BCUT2D eigenvalue weighted by molar-refractivity contribution is -0.275. The monoisotopic (exact) mass is 630 g/mol. The van der Waals surface area contributed by atoms with E-state index in [-0.39, 0.29) is 36.4 Å². The van der Waals surface area contributed by atoms with Gasteiger partial charge in [0, 0.05) is 17.5 Å². The van der Waals surface area contributed by atoms with E-state index in [1.54, 1.807) is 0 Å². The molecule has 0 aromatic heterocycles. The molecule has 1 saturated heterocycles. The first-order valence-corrected chi connectivity index (χ1v) is 15.2. The Balaban J connectivity index is 1.08. The maximum Gasteiger partial charge on any atom is 0.573 e. The molecule has 2 aliphatic carbocycles. The molecule has 2 aromatic carbocycles. The molecule has 0 unspecified atom stereocenters. The third kappa shape index (κ3) is 8.07. The van der Waals surface area contributed by atoms with Crippen molar-refractivity contribution in [2.24, 2.45) is 23.7 Å². The molecular formula is C33H37F7O4. The van der Waals surface area contributed by atoms with Crippen LogP contribution in [-0.4, -0.2) is 25.7 Å². The van der Waals surface area contributed by atoms with Gasteiger partial charge in [-0.1, -0.05) is 18.2 Å². The second-order valence-corrected chi connectivity index (χ2v) is 12.2. The molecule has 0 N–H and O–H groups in total. The summed E-state index contributed by atoms with van der Waals surface area (Å²) in [6.45, 7) is 4.81. The molecule has 2 saturated carbocycles. The lowest BCUT2D eigenvalue weighted by Gasteiger charge is -2.39. The summed E-state index contributed by atoms with van der Waals surface area (Å²) < 4.78 is 116. The van der Waals surface area contributed by atoms with Gasteiger partial charge in [0.15, 0.2) is 17.9 Å². The van der Waals surface area contributed by atoms with Crippen molar-refractivity contribution in [2.75, 3.05) is 13.2 Å². The Morgan fingerprint density at radius 2 is 1.41 bits per heavy atom. The number of rotatable bonds is 9. The van der Waals surface area contributed by atoms with E-state index in [9.17, 15) is 26.3 Å². The third-order valence-electron chi connectivity index (χ3n) is 9.27. The smallest absolute Gasteiger partial charge is 0.432 e. The average molecular weight is 631 g/mol. The number of hydrogen-bond acceptors (Lipinski definition) is 4. The van der Waals surface area contributed by atoms with Gasteiger partial charge in [-0.2, -0.15) is 8.78 Å². The fraction of sp³-hybridized carbons (Fsp3) is 0.576. The summed E-state index contributed by atoms with van der Waals surface area (Å²) in [6, 6.07) is 7.10. The van der Waals surface area contributed by atoms with Crippen LogP contribution in [0.25, 0.3) is 0 Å². The molecule has 242 valence electrons. The SMILES string of the molecule is C=CCC1COC(c2ccc(C3CCC(C4CCC(C(F)(F)Oc5ccc(OC(F)(F)F)c(F)c5)CC4)CC3)c(F)c2)OC1. The molecule has 4 nitrogen and oxygen atoms in total. The predicted octanol–water partition coefficient (Wildman–Crippen LogP) is 9.85. The van der Waals surface area contributed by atoms with Gasteiger partial charge in [0.1, 0.15) is 11.6 Å². The second kappa shape index (κ2) is 13.7. The molecular weight excluding hydrogens is 593 g/mol. The minimum Gasteiger partial charge on any atom is -0.432 e. The molecule has 5 rings (SSSR count). The number of alkyl halides is 5. The van der Waals surface area contributed by atoms with E-state index >= 15 is 4.39 Å². The predicted molar refractivity (Wildman–Crippen MR) is 148 cm³/mol. The van der Waals surface area contributed by atoms with Crippen LogP contribution in [0.15, 0.2) is 49.1 Å². The molecule has 11 heteroatoms. The van der Waals surface area contributed by atoms with Crippen LogP contribution in [0.2, 0.25) is 0 Å². The first kappa shape index (κ1) is 32.6. The van der Waals surface area contributed by atoms with Crippen molar-refractivity contribution in [3.05, 3.63) is 71.8 Å². The quantitative estimate of drug-likeness (QED) is 0.204. The largest absolute Gasteiger partial charge is 0.573 e. The van der Waals surface area contributed by atoms with Gasteiger partial charge in [-0.3, -0.25) is 0 Å². The van der Waals surface area contributed by atoms with Gasteiger partial charge in [0.05, 0.1) is 19.1 Å². The molecule has 1 heterocycles. The molecule has 3 fully saturated rings. The van der Waals surface area contributed by atoms with E-state index in [1.165, 1.54) is 6.07 Å². The second-order valence-electron chi connectivity index (χ2n) is 12.2. The lowest BCUT2D eigenvalue weighted by atomic mass is 9.68. The molecule has 0 atom stereocenters. The maximum absolute atomic E-state index is 15.2. The zero-order valence-corrected chi connectivity index (χ0v) is 24.3. The highest BCUT2D eigenvalue weighted by Gasteiger charge is 2.45. The van der Waals surface area contributed by atoms with E-state index in [1.807, 2.05) is 18.2 Å². The zero-order valence-electron chi connectivity index (χ0n) is 24.3. The van der Waals surface area contributed by atoms with Crippen molar-refractivity contribution in [1.29, 1.82) is 0 Å². The number of benzene rings is 2. The minimum absolute atomic E-state index is 0.0906. The summed E-state index contributed by atoms with van der Waals surface area (Å²) in [7, 11) is 0. The molecule has 2 aromatic rings.